The number of hydrogen-bond donors (Lipinski definition) is 1. The van der Waals surface area contributed by atoms with Gasteiger partial charge in [0.1, 0.15) is 0 Å². The number of nitrogens with two attached hydrogens (primary N) is 1. The van der Waals surface area contributed by atoms with Crippen molar-refractivity contribution in [3.8, 4) is 5.88 Å². The molecule has 1 rings (SSSR count). The number of amides is 1. The lowest BCUT2D eigenvalue weighted by atomic mass is 10.3. The molecular formula is C9H10N2O2. The van der Waals surface area contributed by atoms with Gasteiger partial charge in [-0.15, -0.1) is 0 Å². The van der Waals surface area contributed by atoms with Gasteiger partial charge in [0.15, 0.2) is 0 Å². The van der Waals surface area contributed by atoms with E-state index in [1.165, 1.54) is 19.3 Å². The molecule has 0 aliphatic heterocycles. The first-order valence-corrected chi connectivity index (χ1v) is 3.71. The standard InChI is InChI=1S/C9H10N2O2/c1-13-9-4-2-3-7(11-9)5-6-8(10)12/h2-6H,1H3,(H2,10,12). The summed E-state index contributed by atoms with van der Waals surface area (Å²) in [4.78, 5) is 14.4. The van der Waals surface area contributed by atoms with Crippen molar-refractivity contribution < 1.29 is 9.53 Å². The first-order chi connectivity index (χ1) is 6.22. The van der Waals surface area contributed by atoms with Crippen molar-refractivity contribution in [3.63, 3.8) is 0 Å². The Morgan fingerprint density at radius 3 is 3.00 bits per heavy atom. The highest BCUT2D eigenvalue weighted by atomic mass is 16.5. The molecule has 0 saturated carbocycles. The third-order valence-corrected chi connectivity index (χ3v) is 1.37. The molecule has 4 heteroatoms. The van der Waals surface area contributed by atoms with Gasteiger partial charge in [0.05, 0.1) is 12.8 Å². The molecule has 68 valence electrons. The summed E-state index contributed by atoms with van der Waals surface area (Å²) in [7, 11) is 1.53. The summed E-state index contributed by atoms with van der Waals surface area (Å²) in [5.41, 5.74) is 5.56. The van der Waals surface area contributed by atoms with E-state index < -0.39 is 5.91 Å². The van der Waals surface area contributed by atoms with E-state index in [2.05, 4.69) is 4.98 Å². The molecule has 2 N–H and O–H groups in total. The van der Waals surface area contributed by atoms with Gasteiger partial charge in [-0.1, -0.05) is 6.07 Å². The largest absolute Gasteiger partial charge is 0.481 e. The zero-order valence-electron chi connectivity index (χ0n) is 7.23. The van der Waals surface area contributed by atoms with Crippen molar-refractivity contribution in [2.75, 3.05) is 7.11 Å². The fourth-order valence-electron chi connectivity index (χ4n) is 0.805. The minimum absolute atomic E-state index is 0.496. The van der Waals surface area contributed by atoms with Gasteiger partial charge in [-0.25, -0.2) is 4.98 Å². The van der Waals surface area contributed by atoms with Crippen LogP contribution in [0.15, 0.2) is 24.3 Å². The second-order valence-corrected chi connectivity index (χ2v) is 2.34. The van der Waals surface area contributed by atoms with Crippen LogP contribution >= 0.6 is 0 Å². The van der Waals surface area contributed by atoms with E-state index in [1.807, 2.05) is 0 Å². The van der Waals surface area contributed by atoms with Gasteiger partial charge in [-0.05, 0) is 12.1 Å². The molecule has 0 saturated heterocycles. The molecular weight excluding hydrogens is 168 g/mol. The van der Waals surface area contributed by atoms with E-state index in [9.17, 15) is 4.79 Å². The quantitative estimate of drug-likeness (QED) is 0.689. The van der Waals surface area contributed by atoms with Crippen LogP contribution in [0.1, 0.15) is 5.69 Å². The lowest BCUT2D eigenvalue weighted by Crippen LogP contribution is -2.05. The van der Waals surface area contributed by atoms with Crippen molar-refractivity contribution in [1.29, 1.82) is 0 Å². The lowest BCUT2D eigenvalue weighted by molar-refractivity contribution is -0.113. The average Bonchev–Trinajstić information content (AvgIpc) is 2.15. The van der Waals surface area contributed by atoms with E-state index in [4.69, 9.17) is 10.5 Å². The van der Waals surface area contributed by atoms with Crippen LogP contribution < -0.4 is 10.5 Å². The molecule has 1 amide bonds. The Labute approximate surface area is 76.0 Å². The molecule has 0 aromatic carbocycles. The molecule has 1 aromatic heterocycles. The molecule has 0 bridgehead atoms. The third-order valence-electron chi connectivity index (χ3n) is 1.37. The van der Waals surface area contributed by atoms with Gasteiger partial charge >= 0.3 is 0 Å². The maximum Gasteiger partial charge on any atom is 0.241 e. The van der Waals surface area contributed by atoms with Crippen LogP contribution in [-0.2, 0) is 4.79 Å². The Hall–Kier alpha value is -1.84. The minimum Gasteiger partial charge on any atom is -0.481 e. The maximum absolute atomic E-state index is 10.4. The molecule has 0 spiro atoms. The van der Waals surface area contributed by atoms with Crippen LogP contribution in [0, 0.1) is 0 Å². The fraction of sp³-hybridized carbons (Fsp3) is 0.111. The highest BCUT2D eigenvalue weighted by molar-refractivity contribution is 5.89. The normalized spacial score (nSPS) is 10.2. The highest BCUT2D eigenvalue weighted by Crippen LogP contribution is 2.07. The minimum atomic E-state index is -0.496. The first kappa shape index (κ1) is 9.25. The molecule has 1 heterocycles. The predicted octanol–water partition coefficient (Wildman–Crippen LogP) is 0.589. The molecule has 0 atom stereocenters. The Balaban J connectivity index is 2.83. The SMILES string of the molecule is COc1cccc(C=CC(N)=O)n1. The van der Waals surface area contributed by atoms with Crippen LogP contribution in [-0.4, -0.2) is 18.0 Å². The fourth-order valence-corrected chi connectivity index (χ4v) is 0.805. The number of carbonyl (C=O) groups is 1. The number of primary amides is 1. The topological polar surface area (TPSA) is 65.2 Å². The summed E-state index contributed by atoms with van der Waals surface area (Å²) >= 11 is 0. The molecule has 0 aliphatic rings. The Kier molecular flexibility index (Phi) is 3.03. The van der Waals surface area contributed by atoms with Crippen LogP contribution in [0.3, 0.4) is 0 Å². The Bertz CT molecular complexity index is 334. The molecule has 0 radical (unpaired) electrons. The number of methoxy groups -OCH3 is 1. The van der Waals surface area contributed by atoms with E-state index in [0.29, 0.717) is 11.6 Å². The summed E-state index contributed by atoms with van der Waals surface area (Å²) in [6.07, 6.45) is 2.78. The van der Waals surface area contributed by atoms with Gasteiger partial charge in [-0.3, -0.25) is 4.79 Å². The number of pyridine rings is 1. The van der Waals surface area contributed by atoms with Crippen molar-refractivity contribution in [3.05, 3.63) is 30.0 Å². The van der Waals surface area contributed by atoms with Crippen molar-refractivity contribution in [2.24, 2.45) is 5.73 Å². The zero-order chi connectivity index (χ0) is 9.68. The third kappa shape index (κ3) is 2.94. The van der Waals surface area contributed by atoms with Crippen molar-refractivity contribution in [2.45, 2.75) is 0 Å². The molecule has 4 nitrogen and oxygen atoms in total. The summed E-state index contributed by atoms with van der Waals surface area (Å²) in [6.45, 7) is 0. The van der Waals surface area contributed by atoms with Crippen LogP contribution in [0.2, 0.25) is 0 Å². The number of aromatic nitrogens is 1. The monoisotopic (exact) mass is 178 g/mol. The predicted molar refractivity (Wildman–Crippen MR) is 49.0 cm³/mol. The van der Waals surface area contributed by atoms with Crippen LogP contribution in [0.5, 0.6) is 5.88 Å². The summed E-state index contributed by atoms with van der Waals surface area (Å²) in [6, 6.07) is 5.26. The number of nitrogens with zero attached hydrogens (tertiary/aromatic N) is 1. The summed E-state index contributed by atoms with van der Waals surface area (Å²) < 4.78 is 4.90. The zero-order valence-corrected chi connectivity index (χ0v) is 7.23. The van der Waals surface area contributed by atoms with Crippen molar-refractivity contribution >= 4 is 12.0 Å². The first-order valence-electron chi connectivity index (χ1n) is 3.71. The molecule has 0 aliphatic carbocycles. The van der Waals surface area contributed by atoms with Gasteiger partial charge in [0, 0.05) is 12.1 Å². The van der Waals surface area contributed by atoms with Gasteiger partial charge in [-0.2, -0.15) is 0 Å². The van der Waals surface area contributed by atoms with Crippen molar-refractivity contribution in [1.82, 2.24) is 4.98 Å². The average molecular weight is 178 g/mol. The van der Waals surface area contributed by atoms with Gasteiger partial charge in [0.25, 0.3) is 0 Å². The molecule has 13 heavy (non-hydrogen) atoms. The Morgan fingerprint density at radius 1 is 1.62 bits per heavy atom. The Morgan fingerprint density at radius 2 is 2.38 bits per heavy atom. The number of hydrogen-bond acceptors (Lipinski definition) is 3. The second-order valence-electron chi connectivity index (χ2n) is 2.34. The summed E-state index contributed by atoms with van der Waals surface area (Å²) in [5, 5.41) is 0. The number of rotatable bonds is 3. The smallest absolute Gasteiger partial charge is 0.241 e. The highest BCUT2D eigenvalue weighted by Gasteiger charge is 1.93. The van der Waals surface area contributed by atoms with E-state index >= 15 is 0 Å². The summed E-state index contributed by atoms with van der Waals surface area (Å²) in [5.74, 6) is 0.0104. The molecule has 0 fully saturated rings. The van der Waals surface area contributed by atoms with E-state index in [0.717, 1.165) is 0 Å². The van der Waals surface area contributed by atoms with Gasteiger partial charge in [0.2, 0.25) is 11.8 Å². The van der Waals surface area contributed by atoms with Gasteiger partial charge < -0.3 is 10.5 Å². The second kappa shape index (κ2) is 4.25. The maximum atomic E-state index is 10.4. The number of ether oxygens (including phenoxy) is 1. The molecule has 0 unspecified atom stereocenters. The lowest BCUT2D eigenvalue weighted by Gasteiger charge is -1.97. The number of carbonyl (C=O) groups excluding carboxylic acids is 1. The van der Waals surface area contributed by atoms with E-state index in [1.54, 1.807) is 18.2 Å². The molecule has 1 aromatic rings. The van der Waals surface area contributed by atoms with E-state index in [-0.39, 0.29) is 0 Å². The van der Waals surface area contributed by atoms with Crippen LogP contribution in [0.25, 0.3) is 6.08 Å². The van der Waals surface area contributed by atoms with Crippen LogP contribution in [0.4, 0.5) is 0 Å².